The normalized spacial score (nSPS) is 42.9. The van der Waals surface area contributed by atoms with Gasteiger partial charge in [0.15, 0.2) is 0 Å². The Morgan fingerprint density at radius 3 is 2.72 bits per heavy atom. The molecule has 9 unspecified atom stereocenters. The maximum absolute atomic E-state index is 13.4. The van der Waals surface area contributed by atoms with Gasteiger partial charge in [-0.15, -0.1) is 0 Å². The summed E-state index contributed by atoms with van der Waals surface area (Å²) < 4.78 is 5.54. The highest BCUT2D eigenvalue weighted by molar-refractivity contribution is 5.80. The fourth-order valence-corrected chi connectivity index (χ4v) is 7.29. The minimum atomic E-state index is 0.104. The number of carbonyl (C=O) groups excluding carboxylic acids is 2. The third kappa shape index (κ3) is 5.32. The van der Waals surface area contributed by atoms with Crippen molar-refractivity contribution >= 4 is 11.8 Å². The first-order chi connectivity index (χ1) is 15.4. The number of nitrogens with one attached hydrogen (secondary N) is 2. The van der Waals surface area contributed by atoms with Gasteiger partial charge in [0.1, 0.15) is 0 Å². The number of amides is 2. The minimum absolute atomic E-state index is 0.104. The molecule has 2 N–H and O–H groups in total. The number of hydrogen-bond acceptors (Lipinski definition) is 4. The summed E-state index contributed by atoms with van der Waals surface area (Å²) >= 11 is 0. The van der Waals surface area contributed by atoms with E-state index in [0.29, 0.717) is 54.2 Å². The zero-order valence-electron chi connectivity index (χ0n) is 20.6. The van der Waals surface area contributed by atoms with E-state index in [4.69, 9.17) is 4.74 Å². The first-order valence-corrected chi connectivity index (χ1v) is 13.2. The number of hydrogen-bond donors (Lipinski definition) is 2. The van der Waals surface area contributed by atoms with Crippen molar-refractivity contribution in [1.82, 2.24) is 15.5 Å². The summed E-state index contributed by atoms with van der Waals surface area (Å²) in [6.07, 6.45) is 10.5. The molecule has 2 saturated heterocycles. The van der Waals surface area contributed by atoms with Gasteiger partial charge in [0.2, 0.25) is 11.8 Å². The Morgan fingerprint density at radius 2 is 1.94 bits per heavy atom. The van der Waals surface area contributed by atoms with Gasteiger partial charge in [-0.2, -0.15) is 0 Å². The number of fused-ring (bicyclic) bond motifs is 1. The van der Waals surface area contributed by atoms with Crippen molar-refractivity contribution in [3.05, 3.63) is 0 Å². The standard InChI is InChI=1S/C26H45N3O3/c1-16-8-9-20(28-25(30)12-18-6-5-7-21(11-18)32-4)14-22(16)23-13-19-15-27-17(2)10-24(19)29(3)26(23)31/h16-24,27H,5-15H2,1-4H3,(H,28,30). The zero-order chi connectivity index (χ0) is 22.8. The summed E-state index contributed by atoms with van der Waals surface area (Å²) in [6.45, 7) is 5.56. The Bertz CT molecular complexity index is 671. The fraction of sp³-hybridized carbons (Fsp3) is 0.923. The molecule has 4 aliphatic rings. The first kappa shape index (κ1) is 24.0. The Hall–Kier alpha value is -1.14. The number of methoxy groups -OCH3 is 1. The third-order valence-electron chi connectivity index (χ3n) is 9.27. The zero-order valence-corrected chi connectivity index (χ0v) is 20.6. The van der Waals surface area contributed by atoms with Crippen LogP contribution < -0.4 is 10.6 Å². The quantitative estimate of drug-likeness (QED) is 0.678. The lowest BCUT2D eigenvalue weighted by Crippen LogP contribution is -2.60. The molecule has 2 aliphatic carbocycles. The van der Waals surface area contributed by atoms with Crippen LogP contribution in [0.4, 0.5) is 0 Å². The predicted octanol–water partition coefficient (Wildman–Crippen LogP) is 3.35. The van der Waals surface area contributed by atoms with E-state index in [0.717, 1.165) is 64.3 Å². The van der Waals surface area contributed by atoms with Crippen LogP contribution in [0.25, 0.3) is 0 Å². The van der Waals surface area contributed by atoms with Gasteiger partial charge >= 0.3 is 0 Å². The van der Waals surface area contributed by atoms with Gasteiger partial charge in [-0.05, 0) is 82.0 Å². The van der Waals surface area contributed by atoms with E-state index in [1.165, 1.54) is 0 Å². The maximum Gasteiger partial charge on any atom is 0.225 e. The molecule has 0 aromatic carbocycles. The monoisotopic (exact) mass is 447 g/mol. The van der Waals surface area contributed by atoms with Crippen molar-refractivity contribution in [1.29, 1.82) is 0 Å². The molecule has 0 radical (unpaired) electrons. The maximum atomic E-state index is 13.4. The molecule has 6 heteroatoms. The van der Waals surface area contributed by atoms with Crippen LogP contribution in [-0.2, 0) is 14.3 Å². The number of likely N-dealkylation sites (tertiary alicyclic amines) is 1. The molecule has 6 nitrogen and oxygen atoms in total. The van der Waals surface area contributed by atoms with Crippen LogP contribution in [0.2, 0.25) is 0 Å². The van der Waals surface area contributed by atoms with Gasteiger partial charge in [0.05, 0.1) is 6.10 Å². The molecule has 4 rings (SSSR count). The number of carbonyl (C=O) groups is 2. The van der Waals surface area contributed by atoms with Gasteiger partial charge in [-0.25, -0.2) is 0 Å². The molecule has 32 heavy (non-hydrogen) atoms. The van der Waals surface area contributed by atoms with Crippen LogP contribution in [0, 0.1) is 29.6 Å². The van der Waals surface area contributed by atoms with Crippen LogP contribution in [0.15, 0.2) is 0 Å². The topological polar surface area (TPSA) is 70.7 Å². The summed E-state index contributed by atoms with van der Waals surface area (Å²) in [6, 6.07) is 1.08. The van der Waals surface area contributed by atoms with E-state index in [9.17, 15) is 9.59 Å². The number of rotatable bonds is 5. The molecule has 2 amide bonds. The molecule has 2 aliphatic heterocycles. The van der Waals surface area contributed by atoms with E-state index in [1.54, 1.807) is 7.11 Å². The summed E-state index contributed by atoms with van der Waals surface area (Å²) in [5.74, 6) is 2.56. The second kappa shape index (κ2) is 10.4. The largest absolute Gasteiger partial charge is 0.381 e. The highest BCUT2D eigenvalue weighted by atomic mass is 16.5. The van der Waals surface area contributed by atoms with Crippen LogP contribution in [0.5, 0.6) is 0 Å². The Labute approximate surface area is 194 Å². The van der Waals surface area contributed by atoms with Crippen molar-refractivity contribution in [2.75, 3.05) is 20.7 Å². The minimum Gasteiger partial charge on any atom is -0.381 e. The second-order valence-electron chi connectivity index (χ2n) is 11.5. The molecule has 0 aromatic heterocycles. The van der Waals surface area contributed by atoms with Crippen LogP contribution in [0.3, 0.4) is 0 Å². The molecule has 0 spiro atoms. The van der Waals surface area contributed by atoms with Crippen molar-refractivity contribution in [2.45, 2.75) is 102 Å². The smallest absolute Gasteiger partial charge is 0.225 e. The summed E-state index contributed by atoms with van der Waals surface area (Å²) in [4.78, 5) is 28.3. The van der Waals surface area contributed by atoms with E-state index in [-0.39, 0.29) is 17.9 Å². The summed E-state index contributed by atoms with van der Waals surface area (Å²) in [5.41, 5.74) is 0. The number of ether oxygens (including phenoxy) is 1. The summed E-state index contributed by atoms with van der Waals surface area (Å²) in [7, 11) is 3.81. The van der Waals surface area contributed by atoms with Crippen LogP contribution >= 0.6 is 0 Å². The third-order valence-corrected chi connectivity index (χ3v) is 9.27. The van der Waals surface area contributed by atoms with E-state index in [1.807, 2.05) is 7.05 Å². The number of piperidine rings is 2. The van der Waals surface area contributed by atoms with Crippen molar-refractivity contribution < 1.29 is 14.3 Å². The fourth-order valence-electron chi connectivity index (χ4n) is 7.29. The van der Waals surface area contributed by atoms with Gasteiger partial charge in [0.25, 0.3) is 0 Å². The Morgan fingerprint density at radius 1 is 1.12 bits per heavy atom. The van der Waals surface area contributed by atoms with E-state index in [2.05, 4.69) is 29.4 Å². The predicted molar refractivity (Wildman–Crippen MR) is 126 cm³/mol. The molecule has 0 aromatic rings. The van der Waals surface area contributed by atoms with Gasteiger partial charge in [0, 0.05) is 51.2 Å². The van der Waals surface area contributed by atoms with Crippen molar-refractivity contribution in [3.63, 3.8) is 0 Å². The molecule has 2 heterocycles. The molecular formula is C26H45N3O3. The van der Waals surface area contributed by atoms with Crippen molar-refractivity contribution in [3.8, 4) is 0 Å². The summed E-state index contributed by atoms with van der Waals surface area (Å²) in [5, 5.41) is 6.99. The van der Waals surface area contributed by atoms with E-state index >= 15 is 0 Å². The molecule has 0 bridgehead atoms. The molecular weight excluding hydrogens is 402 g/mol. The molecule has 9 atom stereocenters. The average molecular weight is 448 g/mol. The Kier molecular flexibility index (Phi) is 7.81. The lowest BCUT2D eigenvalue weighted by atomic mass is 9.65. The SMILES string of the molecule is COC1CCCC(CC(=O)NC2CCC(C)C(C3CC4CNC(C)CC4N(C)C3=O)C2)C1. The van der Waals surface area contributed by atoms with E-state index < -0.39 is 0 Å². The average Bonchev–Trinajstić information content (AvgIpc) is 2.78. The van der Waals surface area contributed by atoms with Gasteiger partial charge in [-0.3, -0.25) is 9.59 Å². The first-order valence-electron chi connectivity index (χ1n) is 13.2. The molecule has 2 saturated carbocycles. The number of nitrogens with zero attached hydrogens (tertiary/aromatic N) is 1. The van der Waals surface area contributed by atoms with Crippen molar-refractivity contribution in [2.24, 2.45) is 29.6 Å². The molecule has 182 valence electrons. The van der Waals surface area contributed by atoms with Gasteiger partial charge in [-0.1, -0.05) is 13.3 Å². The Balaban J connectivity index is 1.34. The van der Waals surface area contributed by atoms with Crippen LogP contribution in [0.1, 0.15) is 78.1 Å². The van der Waals surface area contributed by atoms with Crippen LogP contribution in [-0.4, -0.2) is 61.6 Å². The highest BCUT2D eigenvalue weighted by Crippen LogP contribution is 2.43. The molecule has 4 fully saturated rings. The lowest BCUT2D eigenvalue weighted by molar-refractivity contribution is -0.148. The van der Waals surface area contributed by atoms with Gasteiger partial charge < -0.3 is 20.3 Å². The lowest BCUT2D eigenvalue weighted by Gasteiger charge is -2.50. The highest BCUT2D eigenvalue weighted by Gasteiger charge is 2.47. The second-order valence-corrected chi connectivity index (χ2v) is 11.5.